The van der Waals surface area contributed by atoms with Gasteiger partial charge in [-0.1, -0.05) is 25.4 Å². The van der Waals surface area contributed by atoms with Gasteiger partial charge in [0.25, 0.3) is 0 Å². The number of benzene rings is 1. The summed E-state index contributed by atoms with van der Waals surface area (Å²) in [7, 11) is -3.87. The van der Waals surface area contributed by atoms with Crippen molar-refractivity contribution < 1.29 is 18.3 Å². The van der Waals surface area contributed by atoms with Crippen molar-refractivity contribution >= 4 is 33.2 Å². The first-order valence-corrected chi connectivity index (χ1v) is 8.36. The third kappa shape index (κ3) is 3.37. The zero-order valence-corrected chi connectivity index (χ0v) is 13.3. The van der Waals surface area contributed by atoms with Crippen molar-refractivity contribution in [1.82, 2.24) is 4.72 Å². The number of anilines is 1. The van der Waals surface area contributed by atoms with Crippen LogP contribution in [0.3, 0.4) is 0 Å². The van der Waals surface area contributed by atoms with Gasteiger partial charge in [-0.05, 0) is 23.6 Å². The fourth-order valence-electron chi connectivity index (χ4n) is 2.08. The van der Waals surface area contributed by atoms with Gasteiger partial charge in [0.05, 0.1) is 18.1 Å². The molecule has 0 aliphatic carbocycles. The molecule has 21 heavy (non-hydrogen) atoms. The minimum Gasteiger partial charge on any atom is -0.395 e. The van der Waals surface area contributed by atoms with Gasteiger partial charge in [-0.25, -0.2) is 13.1 Å². The van der Waals surface area contributed by atoms with E-state index in [-0.39, 0.29) is 34.8 Å². The fraction of sp³-hybridized carbons (Fsp3) is 0.462. The van der Waals surface area contributed by atoms with E-state index in [1.165, 1.54) is 12.1 Å². The van der Waals surface area contributed by atoms with E-state index < -0.39 is 16.1 Å². The zero-order chi connectivity index (χ0) is 15.8. The molecule has 0 radical (unpaired) electrons. The summed E-state index contributed by atoms with van der Waals surface area (Å²) >= 11 is 6.01. The lowest BCUT2D eigenvalue weighted by Gasteiger charge is -2.20. The molecule has 8 heteroatoms. The molecule has 6 nitrogen and oxygen atoms in total. The van der Waals surface area contributed by atoms with Crippen LogP contribution in [0.15, 0.2) is 17.0 Å². The van der Waals surface area contributed by atoms with Gasteiger partial charge >= 0.3 is 0 Å². The summed E-state index contributed by atoms with van der Waals surface area (Å²) in [4.78, 5) is 11.2. The van der Waals surface area contributed by atoms with Crippen molar-refractivity contribution in [3.05, 3.63) is 22.7 Å². The summed E-state index contributed by atoms with van der Waals surface area (Å²) in [6.45, 7) is 3.30. The number of carbonyl (C=O) groups excluding carboxylic acids is 1. The van der Waals surface area contributed by atoms with Crippen LogP contribution in [0.25, 0.3) is 0 Å². The first-order valence-electron chi connectivity index (χ1n) is 6.50. The van der Waals surface area contributed by atoms with Crippen LogP contribution < -0.4 is 10.0 Å². The summed E-state index contributed by atoms with van der Waals surface area (Å²) in [6, 6.07) is 2.23. The molecule has 0 spiro atoms. The summed E-state index contributed by atoms with van der Waals surface area (Å²) in [5.74, 6) is -0.264. The predicted molar refractivity (Wildman–Crippen MR) is 79.8 cm³/mol. The second-order valence-corrected chi connectivity index (χ2v) is 7.41. The number of hydrogen-bond donors (Lipinski definition) is 3. The highest BCUT2D eigenvalue weighted by Gasteiger charge is 2.27. The van der Waals surface area contributed by atoms with Gasteiger partial charge < -0.3 is 10.4 Å². The van der Waals surface area contributed by atoms with Crippen LogP contribution in [0.5, 0.6) is 0 Å². The highest BCUT2D eigenvalue weighted by molar-refractivity contribution is 7.89. The van der Waals surface area contributed by atoms with Crippen LogP contribution in [0.1, 0.15) is 19.4 Å². The molecule has 1 aromatic carbocycles. The molecule has 0 unspecified atom stereocenters. The SMILES string of the molecule is CC(C)[C@@H](CO)NS(=O)(=O)c1cc2c(cc1Cl)NC(=O)C2. The second-order valence-electron chi connectivity index (χ2n) is 5.32. The van der Waals surface area contributed by atoms with E-state index in [1.807, 2.05) is 0 Å². The first-order chi connectivity index (χ1) is 9.74. The maximum Gasteiger partial charge on any atom is 0.242 e. The minimum atomic E-state index is -3.87. The van der Waals surface area contributed by atoms with Crippen LogP contribution >= 0.6 is 11.6 Å². The van der Waals surface area contributed by atoms with Crippen LogP contribution in [-0.4, -0.2) is 32.1 Å². The van der Waals surface area contributed by atoms with Gasteiger partial charge in [-0.3, -0.25) is 4.79 Å². The first kappa shape index (κ1) is 16.2. The molecule has 2 rings (SSSR count). The number of amides is 1. The Morgan fingerprint density at radius 3 is 2.67 bits per heavy atom. The van der Waals surface area contributed by atoms with E-state index in [0.29, 0.717) is 11.3 Å². The van der Waals surface area contributed by atoms with Crippen molar-refractivity contribution in [1.29, 1.82) is 0 Å². The van der Waals surface area contributed by atoms with Gasteiger partial charge in [-0.15, -0.1) is 0 Å². The van der Waals surface area contributed by atoms with Gasteiger partial charge in [0.1, 0.15) is 4.90 Å². The number of halogens is 1. The molecule has 0 bridgehead atoms. The minimum absolute atomic E-state index is 0.0314. The average molecular weight is 333 g/mol. The van der Waals surface area contributed by atoms with E-state index >= 15 is 0 Å². The Labute approximate surface area is 128 Å². The Bertz CT molecular complexity index is 673. The molecule has 0 saturated heterocycles. The molecule has 1 aliphatic rings. The third-order valence-corrected chi connectivity index (χ3v) is 5.33. The quantitative estimate of drug-likeness (QED) is 0.753. The lowest BCUT2D eigenvalue weighted by Crippen LogP contribution is -2.41. The molecule has 1 atom stereocenters. The molecule has 116 valence electrons. The van der Waals surface area contributed by atoms with Crippen LogP contribution in [0.2, 0.25) is 5.02 Å². The van der Waals surface area contributed by atoms with E-state index in [9.17, 15) is 18.3 Å². The maximum absolute atomic E-state index is 12.4. The lowest BCUT2D eigenvalue weighted by atomic mass is 10.1. The normalized spacial score (nSPS) is 16.0. The largest absolute Gasteiger partial charge is 0.395 e. The second kappa shape index (κ2) is 5.92. The Morgan fingerprint density at radius 2 is 2.10 bits per heavy atom. The van der Waals surface area contributed by atoms with Crippen molar-refractivity contribution in [2.45, 2.75) is 31.2 Å². The van der Waals surface area contributed by atoms with Gasteiger partial charge in [0.15, 0.2) is 0 Å². The number of carbonyl (C=O) groups is 1. The van der Waals surface area contributed by atoms with Crippen LogP contribution in [0, 0.1) is 5.92 Å². The maximum atomic E-state index is 12.4. The number of nitrogens with one attached hydrogen (secondary N) is 2. The van der Waals surface area contributed by atoms with Crippen molar-refractivity contribution in [3.8, 4) is 0 Å². The van der Waals surface area contributed by atoms with Crippen molar-refractivity contribution in [3.63, 3.8) is 0 Å². The molecular formula is C13H17ClN2O4S. The highest BCUT2D eigenvalue weighted by Crippen LogP contribution is 2.32. The number of aliphatic hydroxyl groups excluding tert-OH is 1. The smallest absolute Gasteiger partial charge is 0.242 e. The van der Waals surface area contributed by atoms with Crippen molar-refractivity contribution in [2.75, 3.05) is 11.9 Å². The lowest BCUT2D eigenvalue weighted by molar-refractivity contribution is -0.115. The Hall–Kier alpha value is -1.15. The number of rotatable bonds is 5. The van der Waals surface area contributed by atoms with E-state index in [4.69, 9.17) is 11.6 Å². The number of aliphatic hydroxyl groups is 1. The standard InChI is InChI=1S/C13H17ClN2O4S/c1-7(2)11(6-17)16-21(19,20)12-3-8-4-13(18)15-10(8)5-9(12)14/h3,5,7,11,16-17H,4,6H2,1-2H3,(H,15,18)/t11-/m1/s1. The summed E-state index contributed by atoms with van der Waals surface area (Å²) in [6.07, 6.45) is 0.128. The van der Waals surface area contributed by atoms with Gasteiger partial charge in [0.2, 0.25) is 15.9 Å². The highest BCUT2D eigenvalue weighted by atomic mass is 35.5. The molecule has 1 heterocycles. The van der Waals surface area contributed by atoms with E-state index in [1.54, 1.807) is 13.8 Å². The Morgan fingerprint density at radius 1 is 1.43 bits per heavy atom. The molecular weight excluding hydrogens is 316 g/mol. The monoisotopic (exact) mass is 332 g/mol. The zero-order valence-electron chi connectivity index (χ0n) is 11.7. The average Bonchev–Trinajstić information content (AvgIpc) is 2.73. The summed E-state index contributed by atoms with van der Waals surface area (Å²) in [5, 5.41) is 11.9. The number of hydrogen-bond acceptors (Lipinski definition) is 4. The predicted octanol–water partition coefficient (Wildman–Crippen LogP) is 1.13. The van der Waals surface area contributed by atoms with Crippen LogP contribution in [0.4, 0.5) is 5.69 Å². The molecule has 1 aromatic rings. The van der Waals surface area contributed by atoms with E-state index in [0.717, 1.165) is 0 Å². The van der Waals surface area contributed by atoms with Gasteiger partial charge in [-0.2, -0.15) is 0 Å². The van der Waals surface area contributed by atoms with Crippen molar-refractivity contribution in [2.24, 2.45) is 5.92 Å². The molecule has 1 aliphatic heterocycles. The fourth-order valence-corrected chi connectivity index (χ4v) is 4.03. The number of sulfonamides is 1. The molecule has 0 saturated carbocycles. The summed E-state index contributed by atoms with van der Waals surface area (Å²) < 4.78 is 27.2. The number of fused-ring (bicyclic) bond motifs is 1. The molecule has 0 fully saturated rings. The Balaban J connectivity index is 2.37. The topological polar surface area (TPSA) is 95.5 Å². The van der Waals surface area contributed by atoms with Crippen LogP contribution in [-0.2, 0) is 21.2 Å². The molecule has 3 N–H and O–H groups in total. The van der Waals surface area contributed by atoms with E-state index in [2.05, 4.69) is 10.0 Å². The molecule has 1 amide bonds. The Kier molecular flexibility index (Phi) is 4.57. The van der Waals surface area contributed by atoms with Gasteiger partial charge in [0, 0.05) is 11.7 Å². The summed E-state index contributed by atoms with van der Waals surface area (Å²) in [5.41, 5.74) is 1.13. The third-order valence-electron chi connectivity index (χ3n) is 3.38. The molecule has 0 aromatic heterocycles.